The fourth-order valence-electron chi connectivity index (χ4n) is 1.27. The second kappa shape index (κ2) is 2.90. The normalized spacial score (nSPS) is 10.8. The second-order valence-electron chi connectivity index (χ2n) is 2.73. The van der Waals surface area contributed by atoms with Gasteiger partial charge < -0.3 is 15.3 Å². The van der Waals surface area contributed by atoms with Crippen molar-refractivity contribution < 1.29 is 15.3 Å². The molecule has 3 N–H and O–H groups in total. The molecule has 0 aliphatic rings. The van der Waals surface area contributed by atoms with Crippen molar-refractivity contribution in [3.8, 4) is 11.5 Å². The third-order valence-electron chi connectivity index (χ3n) is 1.95. The number of aliphatic hydroxyl groups excluding tert-OH is 1. The van der Waals surface area contributed by atoms with Crippen LogP contribution >= 0.6 is 11.3 Å². The zero-order valence-electron chi connectivity index (χ0n) is 6.69. The molecule has 4 heteroatoms. The molecule has 0 spiro atoms. The van der Waals surface area contributed by atoms with E-state index < -0.39 is 0 Å². The molecule has 0 radical (unpaired) electrons. The minimum Gasteiger partial charge on any atom is -0.507 e. The highest BCUT2D eigenvalue weighted by molar-refractivity contribution is 7.17. The maximum Gasteiger partial charge on any atom is 0.137 e. The average molecular weight is 196 g/mol. The first-order chi connectivity index (χ1) is 6.24. The van der Waals surface area contributed by atoms with E-state index in [4.69, 9.17) is 5.11 Å². The van der Waals surface area contributed by atoms with E-state index in [1.807, 2.05) is 0 Å². The Bertz CT molecular complexity index is 447. The molecule has 3 nitrogen and oxygen atoms in total. The molecule has 0 aliphatic heterocycles. The predicted molar refractivity (Wildman–Crippen MR) is 51.1 cm³/mol. The van der Waals surface area contributed by atoms with Crippen molar-refractivity contribution in [2.75, 3.05) is 0 Å². The molecule has 68 valence electrons. The molecule has 0 fully saturated rings. The van der Waals surface area contributed by atoms with Crippen LogP contribution in [0.2, 0.25) is 0 Å². The van der Waals surface area contributed by atoms with Gasteiger partial charge in [-0.2, -0.15) is 0 Å². The van der Waals surface area contributed by atoms with Crippen LogP contribution < -0.4 is 0 Å². The van der Waals surface area contributed by atoms with Gasteiger partial charge in [0.05, 0.1) is 12.0 Å². The first kappa shape index (κ1) is 8.34. The maximum absolute atomic E-state index is 9.61. The first-order valence-electron chi connectivity index (χ1n) is 3.76. The Kier molecular flexibility index (Phi) is 1.86. The molecular formula is C9H8O3S. The van der Waals surface area contributed by atoms with E-state index in [-0.39, 0.29) is 18.1 Å². The van der Waals surface area contributed by atoms with Crippen LogP contribution in [0.15, 0.2) is 17.5 Å². The van der Waals surface area contributed by atoms with E-state index in [1.54, 1.807) is 17.5 Å². The number of hydrogen-bond acceptors (Lipinski definition) is 4. The van der Waals surface area contributed by atoms with Crippen molar-refractivity contribution in [3.05, 3.63) is 23.1 Å². The van der Waals surface area contributed by atoms with Crippen molar-refractivity contribution in [1.82, 2.24) is 0 Å². The number of aliphatic hydroxyl groups is 1. The second-order valence-corrected chi connectivity index (χ2v) is 3.64. The highest BCUT2D eigenvalue weighted by Crippen LogP contribution is 2.39. The summed E-state index contributed by atoms with van der Waals surface area (Å²) in [5.74, 6) is 0.0338. The van der Waals surface area contributed by atoms with Gasteiger partial charge in [0, 0.05) is 15.6 Å². The molecule has 0 aliphatic carbocycles. The van der Waals surface area contributed by atoms with Crippen molar-refractivity contribution >= 4 is 21.4 Å². The molecule has 0 unspecified atom stereocenters. The van der Waals surface area contributed by atoms with Crippen molar-refractivity contribution in [3.63, 3.8) is 0 Å². The largest absolute Gasteiger partial charge is 0.507 e. The highest BCUT2D eigenvalue weighted by atomic mass is 32.1. The lowest BCUT2D eigenvalue weighted by Crippen LogP contribution is -1.83. The Hall–Kier alpha value is -1.26. The SMILES string of the molecule is OCc1ccc2scc(O)c2c1O. The summed E-state index contributed by atoms with van der Waals surface area (Å²) in [6.45, 7) is -0.225. The van der Waals surface area contributed by atoms with Gasteiger partial charge in [-0.15, -0.1) is 11.3 Å². The van der Waals surface area contributed by atoms with Gasteiger partial charge in [0.25, 0.3) is 0 Å². The van der Waals surface area contributed by atoms with Crippen molar-refractivity contribution in [2.45, 2.75) is 6.61 Å². The third kappa shape index (κ3) is 1.15. The Morgan fingerprint density at radius 3 is 2.69 bits per heavy atom. The van der Waals surface area contributed by atoms with Gasteiger partial charge in [0.2, 0.25) is 0 Å². The van der Waals surface area contributed by atoms with Crippen LogP contribution in [0, 0.1) is 0 Å². The Labute approximate surface area is 78.5 Å². The standard InChI is InChI=1S/C9H8O3S/c10-3-5-1-2-7-8(9(5)12)6(11)4-13-7/h1-2,4,10-12H,3H2. The topological polar surface area (TPSA) is 60.7 Å². The van der Waals surface area contributed by atoms with Gasteiger partial charge in [0.15, 0.2) is 0 Å². The molecule has 13 heavy (non-hydrogen) atoms. The summed E-state index contributed by atoms with van der Waals surface area (Å²) in [6, 6.07) is 3.42. The van der Waals surface area contributed by atoms with Crippen LogP contribution in [0.1, 0.15) is 5.56 Å². The molecule has 0 amide bonds. The minimum absolute atomic E-state index is 0.0289. The van der Waals surface area contributed by atoms with Gasteiger partial charge in [-0.1, -0.05) is 6.07 Å². The monoisotopic (exact) mass is 196 g/mol. The minimum atomic E-state index is -0.225. The number of phenols is 1. The predicted octanol–water partition coefficient (Wildman–Crippen LogP) is 1.80. The van der Waals surface area contributed by atoms with Crippen molar-refractivity contribution in [2.24, 2.45) is 0 Å². The molecule has 0 bridgehead atoms. The van der Waals surface area contributed by atoms with Crippen LogP contribution in [-0.4, -0.2) is 15.3 Å². The molecule has 0 atom stereocenters. The van der Waals surface area contributed by atoms with Crippen molar-refractivity contribution in [1.29, 1.82) is 0 Å². The lowest BCUT2D eigenvalue weighted by atomic mass is 10.1. The Morgan fingerprint density at radius 2 is 2.00 bits per heavy atom. The first-order valence-corrected chi connectivity index (χ1v) is 4.64. The molecular weight excluding hydrogens is 188 g/mol. The average Bonchev–Trinajstić information content (AvgIpc) is 2.49. The number of thiophene rings is 1. The maximum atomic E-state index is 9.61. The molecule has 1 heterocycles. The van der Waals surface area contributed by atoms with Crippen LogP contribution in [0.3, 0.4) is 0 Å². The Morgan fingerprint density at radius 1 is 1.23 bits per heavy atom. The smallest absolute Gasteiger partial charge is 0.137 e. The lowest BCUT2D eigenvalue weighted by Gasteiger charge is -2.01. The summed E-state index contributed by atoms with van der Waals surface area (Å²) in [6.07, 6.45) is 0. The van der Waals surface area contributed by atoms with E-state index >= 15 is 0 Å². The van der Waals surface area contributed by atoms with Crippen LogP contribution in [0.5, 0.6) is 11.5 Å². The third-order valence-corrected chi connectivity index (χ3v) is 2.88. The van der Waals surface area contributed by atoms with E-state index in [0.29, 0.717) is 10.9 Å². The fourth-order valence-corrected chi connectivity index (χ4v) is 2.09. The summed E-state index contributed by atoms with van der Waals surface area (Å²) in [4.78, 5) is 0. The molecule has 1 aromatic heterocycles. The fraction of sp³-hybridized carbons (Fsp3) is 0.111. The number of rotatable bonds is 1. The number of fused-ring (bicyclic) bond motifs is 1. The summed E-state index contributed by atoms with van der Waals surface area (Å²) in [5.41, 5.74) is 0.432. The molecule has 2 rings (SSSR count). The number of benzene rings is 1. The van der Waals surface area contributed by atoms with Gasteiger partial charge in [0.1, 0.15) is 11.5 Å². The lowest BCUT2D eigenvalue weighted by molar-refractivity contribution is 0.276. The van der Waals surface area contributed by atoms with E-state index in [1.165, 1.54) is 11.3 Å². The quantitative estimate of drug-likeness (QED) is 0.651. The highest BCUT2D eigenvalue weighted by Gasteiger charge is 2.10. The number of aromatic hydroxyl groups is 2. The molecule has 1 aromatic carbocycles. The van der Waals surface area contributed by atoms with E-state index in [0.717, 1.165) is 4.70 Å². The molecule has 0 saturated heterocycles. The van der Waals surface area contributed by atoms with Gasteiger partial charge in [-0.05, 0) is 6.07 Å². The summed E-state index contributed by atoms with van der Waals surface area (Å²) in [7, 11) is 0. The molecule has 2 aromatic rings. The number of hydrogen-bond donors (Lipinski definition) is 3. The van der Waals surface area contributed by atoms with E-state index in [9.17, 15) is 10.2 Å². The van der Waals surface area contributed by atoms with Crippen LogP contribution in [-0.2, 0) is 6.61 Å². The van der Waals surface area contributed by atoms with Crippen LogP contribution in [0.4, 0.5) is 0 Å². The summed E-state index contributed by atoms with van der Waals surface area (Å²) < 4.78 is 0.812. The zero-order valence-corrected chi connectivity index (χ0v) is 7.51. The van der Waals surface area contributed by atoms with Gasteiger partial charge >= 0.3 is 0 Å². The van der Waals surface area contributed by atoms with Crippen LogP contribution in [0.25, 0.3) is 10.1 Å². The van der Waals surface area contributed by atoms with Gasteiger partial charge in [-0.3, -0.25) is 0 Å². The summed E-state index contributed by atoms with van der Waals surface area (Å²) in [5, 5.41) is 29.8. The van der Waals surface area contributed by atoms with E-state index in [2.05, 4.69) is 0 Å². The summed E-state index contributed by atoms with van der Waals surface area (Å²) >= 11 is 1.36. The van der Waals surface area contributed by atoms with Gasteiger partial charge in [-0.25, -0.2) is 0 Å². The Balaban J connectivity index is 2.83. The zero-order chi connectivity index (χ0) is 9.42. The molecule has 0 saturated carbocycles.